The molecule has 1 N–H and O–H groups in total. The third kappa shape index (κ3) is 3.62. The van der Waals surface area contributed by atoms with Gasteiger partial charge in [-0.2, -0.15) is 0 Å². The first-order valence-corrected chi connectivity index (χ1v) is 7.03. The molecule has 0 bridgehead atoms. The van der Waals surface area contributed by atoms with Crippen LogP contribution in [0.2, 0.25) is 0 Å². The Bertz CT molecular complexity index is 794. The monoisotopic (exact) mass is 333 g/mol. The van der Waals surface area contributed by atoms with Gasteiger partial charge >= 0.3 is 5.69 Å². The lowest BCUT2D eigenvalue weighted by molar-refractivity contribution is -0.393. The zero-order valence-corrected chi connectivity index (χ0v) is 13.1. The number of aliphatic hydroxyl groups excluding tert-OH is 1. The SMILES string of the molecule is CC1(C)CC(=O)C(C=Nc2ccc([N+](=O)[O-])cc2[N+](=O)[O-])=C(O)C1. The molecule has 0 fully saturated rings. The molecular weight excluding hydrogens is 318 g/mol. The van der Waals surface area contributed by atoms with E-state index in [1.165, 1.54) is 0 Å². The van der Waals surface area contributed by atoms with Crippen LogP contribution in [0, 0.1) is 25.6 Å². The number of hydrogen-bond acceptors (Lipinski definition) is 7. The highest BCUT2D eigenvalue weighted by molar-refractivity contribution is 6.15. The predicted octanol–water partition coefficient (Wildman–Crippen LogP) is 3.41. The van der Waals surface area contributed by atoms with Gasteiger partial charge < -0.3 is 5.11 Å². The fourth-order valence-electron chi connectivity index (χ4n) is 2.46. The summed E-state index contributed by atoms with van der Waals surface area (Å²) >= 11 is 0. The zero-order chi connectivity index (χ0) is 18.1. The van der Waals surface area contributed by atoms with Crippen molar-refractivity contribution in [3.63, 3.8) is 0 Å². The average molecular weight is 333 g/mol. The van der Waals surface area contributed by atoms with Crippen molar-refractivity contribution < 1.29 is 19.7 Å². The van der Waals surface area contributed by atoms with Gasteiger partial charge in [-0.25, -0.2) is 4.99 Å². The number of nitro benzene ring substituents is 2. The minimum Gasteiger partial charge on any atom is -0.511 e. The maximum absolute atomic E-state index is 12.1. The van der Waals surface area contributed by atoms with E-state index in [0.717, 1.165) is 24.4 Å². The van der Waals surface area contributed by atoms with E-state index in [1.54, 1.807) is 0 Å². The van der Waals surface area contributed by atoms with Crippen LogP contribution in [0.3, 0.4) is 0 Å². The van der Waals surface area contributed by atoms with E-state index >= 15 is 0 Å². The van der Waals surface area contributed by atoms with Crippen LogP contribution in [0.15, 0.2) is 34.5 Å². The van der Waals surface area contributed by atoms with Crippen molar-refractivity contribution in [1.29, 1.82) is 0 Å². The molecule has 0 aromatic heterocycles. The zero-order valence-electron chi connectivity index (χ0n) is 13.1. The molecule has 0 radical (unpaired) electrons. The number of benzene rings is 1. The van der Waals surface area contributed by atoms with Crippen molar-refractivity contribution >= 4 is 29.1 Å². The summed E-state index contributed by atoms with van der Waals surface area (Å²) < 4.78 is 0. The van der Waals surface area contributed by atoms with Crippen LogP contribution in [0.5, 0.6) is 0 Å². The Balaban J connectivity index is 2.40. The number of hydrogen-bond donors (Lipinski definition) is 1. The van der Waals surface area contributed by atoms with Gasteiger partial charge in [0.1, 0.15) is 11.4 Å². The molecule has 1 aliphatic carbocycles. The van der Waals surface area contributed by atoms with E-state index < -0.39 is 21.2 Å². The Morgan fingerprint density at radius 3 is 2.42 bits per heavy atom. The van der Waals surface area contributed by atoms with Crippen molar-refractivity contribution in [2.45, 2.75) is 26.7 Å². The number of aliphatic hydroxyl groups is 1. The van der Waals surface area contributed by atoms with Gasteiger partial charge in [0.15, 0.2) is 5.78 Å². The minimum absolute atomic E-state index is 0.00183. The summed E-state index contributed by atoms with van der Waals surface area (Å²) in [4.78, 5) is 36.1. The summed E-state index contributed by atoms with van der Waals surface area (Å²) in [7, 11) is 0. The number of nitro groups is 2. The summed E-state index contributed by atoms with van der Waals surface area (Å²) in [5, 5.41) is 31.7. The molecule has 9 nitrogen and oxygen atoms in total. The van der Waals surface area contributed by atoms with Crippen LogP contribution in [0.4, 0.5) is 17.1 Å². The second-order valence-corrected chi connectivity index (χ2v) is 6.25. The lowest BCUT2D eigenvalue weighted by Crippen LogP contribution is -2.26. The quantitative estimate of drug-likeness (QED) is 0.509. The first-order valence-electron chi connectivity index (χ1n) is 7.03. The van der Waals surface area contributed by atoms with Crippen molar-refractivity contribution in [3.05, 3.63) is 49.8 Å². The lowest BCUT2D eigenvalue weighted by atomic mass is 9.77. The van der Waals surface area contributed by atoms with Crippen LogP contribution < -0.4 is 0 Å². The van der Waals surface area contributed by atoms with Crippen molar-refractivity contribution in [2.75, 3.05) is 0 Å². The molecule has 0 heterocycles. The molecule has 0 amide bonds. The predicted molar refractivity (Wildman–Crippen MR) is 85.6 cm³/mol. The largest absolute Gasteiger partial charge is 0.511 e. The Morgan fingerprint density at radius 1 is 1.21 bits per heavy atom. The number of carbonyl (C=O) groups excluding carboxylic acids is 1. The number of non-ortho nitro benzene ring substituents is 1. The summed E-state index contributed by atoms with van der Waals surface area (Å²) in [6, 6.07) is 3.01. The fraction of sp³-hybridized carbons (Fsp3) is 0.333. The van der Waals surface area contributed by atoms with Gasteiger partial charge in [-0.1, -0.05) is 13.8 Å². The van der Waals surface area contributed by atoms with Crippen molar-refractivity contribution in [2.24, 2.45) is 10.4 Å². The molecule has 0 atom stereocenters. The van der Waals surface area contributed by atoms with Crippen LogP contribution in [0.1, 0.15) is 26.7 Å². The van der Waals surface area contributed by atoms with E-state index in [1.807, 2.05) is 13.8 Å². The molecular formula is C15H15N3O6. The molecule has 0 spiro atoms. The van der Waals surface area contributed by atoms with Crippen LogP contribution in [-0.2, 0) is 4.79 Å². The van der Waals surface area contributed by atoms with E-state index in [2.05, 4.69) is 4.99 Å². The molecule has 0 saturated heterocycles. The highest BCUT2D eigenvalue weighted by Crippen LogP contribution is 2.36. The third-order valence-electron chi connectivity index (χ3n) is 3.60. The minimum atomic E-state index is -0.792. The molecule has 1 aromatic carbocycles. The second-order valence-electron chi connectivity index (χ2n) is 6.25. The smallest absolute Gasteiger partial charge is 0.301 e. The van der Waals surface area contributed by atoms with Gasteiger partial charge in [-0.05, 0) is 11.5 Å². The molecule has 1 aromatic rings. The number of aliphatic imine (C=N–C) groups is 1. The summed E-state index contributed by atoms with van der Waals surface area (Å²) in [6.45, 7) is 3.69. The number of rotatable bonds is 4. The highest BCUT2D eigenvalue weighted by atomic mass is 16.6. The Morgan fingerprint density at radius 2 is 1.88 bits per heavy atom. The maximum atomic E-state index is 12.1. The van der Waals surface area contributed by atoms with Gasteiger partial charge in [0, 0.05) is 25.1 Å². The van der Waals surface area contributed by atoms with Crippen molar-refractivity contribution in [3.8, 4) is 0 Å². The number of nitrogens with zero attached hydrogens (tertiary/aromatic N) is 3. The van der Waals surface area contributed by atoms with E-state index in [4.69, 9.17) is 0 Å². The number of allylic oxidation sites excluding steroid dienone is 2. The van der Waals surface area contributed by atoms with Gasteiger partial charge in [0.05, 0.1) is 21.5 Å². The van der Waals surface area contributed by atoms with Crippen LogP contribution in [-0.4, -0.2) is 27.0 Å². The Labute approximate surface area is 136 Å². The average Bonchev–Trinajstić information content (AvgIpc) is 2.44. The maximum Gasteiger partial charge on any atom is 0.301 e. The van der Waals surface area contributed by atoms with Gasteiger partial charge in [-0.3, -0.25) is 25.0 Å². The molecule has 2 rings (SSSR count). The summed E-state index contributed by atoms with van der Waals surface area (Å²) in [5.74, 6) is -0.429. The van der Waals surface area contributed by atoms with Crippen LogP contribution >= 0.6 is 0 Å². The fourth-order valence-corrected chi connectivity index (χ4v) is 2.46. The third-order valence-corrected chi connectivity index (χ3v) is 3.60. The molecule has 1 aliphatic rings. The summed E-state index contributed by atoms with van der Waals surface area (Å²) in [6.07, 6.45) is 1.59. The standard InChI is InChI=1S/C15H15N3O6/c1-15(2)6-13(19)10(14(20)7-15)8-16-11-4-3-9(17(21)22)5-12(11)18(23)24/h3-5,8,19H,6-7H2,1-2H3. The van der Waals surface area contributed by atoms with E-state index in [9.17, 15) is 30.1 Å². The van der Waals surface area contributed by atoms with Crippen LogP contribution in [0.25, 0.3) is 0 Å². The second kappa shape index (κ2) is 6.19. The van der Waals surface area contributed by atoms with Gasteiger partial charge in [0.25, 0.3) is 5.69 Å². The molecule has 0 aliphatic heterocycles. The number of ketones is 1. The number of Topliss-reactive ketones (excluding diaryl/α,β-unsaturated/α-hetero) is 1. The molecule has 24 heavy (non-hydrogen) atoms. The topological polar surface area (TPSA) is 136 Å². The normalized spacial score (nSPS) is 17.3. The van der Waals surface area contributed by atoms with E-state index in [-0.39, 0.29) is 34.6 Å². The molecule has 9 heteroatoms. The highest BCUT2D eigenvalue weighted by Gasteiger charge is 2.32. The molecule has 0 unspecified atom stereocenters. The summed E-state index contributed by atoms with van der Waals surface area (Å²) in [5.41, 5.74) is -1.48. The van der Waals surface area contributed by atoms with Gasteiger partial charge in [0.2, 0.25) is 0 Å². The molecule has 0 saturated carbocycles. The van der Waals surface area contributed by atoms with E-state index in [0.29, 0.717) is 6.42 Å². The lowest BCUT2D eigenvalue weighted by Gasteiger charge is -2.28. The Kier molecular flexibility index (Phi) is 4.45. The first kappa shape index (κ1) is 17.3. The first-order chi connectivity index (χ1) is 11.1. The van der Waals surface area contributed by atoms with Crippen molar-refractivity contribution in [1.82, 2.24) is 0 Å². The van der Waals surface area contributed by atoms with Gasteiger partial charge in [-0.15, -0.1) is 0 Å². The Hall–Kier alpha value is -3.10. The number of carbonyl (C=O) groups is 1. The molecule has 126 valence electrons.